The molecule has 0 bridgehead atoms. The van der Waals surface area contributed by atoms with Crippen LogP contribution in [0.2, 0.25) is 0 Å². The number of H-pyrrole nitrogens is 1. The molecule has 1 unspecified atom stereocenters. The Kier molecular flexibility index (Phi) is 5.95. The zero-order valence-corrected chi connectivity index (χ0v) is 18.5. The molecule has 0 aliphatic carbocycles. The largest absolute Gasteiger partial charge is 0.319 e. The van der Waals surface area contributed by atoms with E-state index in [-0.39, 0.29) is 23.0 Å². The van der Waals surface area contributed by atoms with Crippen molar-refractivity contribution in [2.75, 3.05) is 5.32 Å². The normalized spacial score (nSPS) is 12.0. The van der Waals surface area contributed by atoms with Gasteiger partial charge >= 0.3 is 0 Å². The van der Waals surface area contributed by atoms with Crippen molar-refractivity contribution < 1.29 is 9.18 Å². The third kappa shape index (κ3) is 4.09. The van der Waals surface area contributed by atoms with Crippen LogP contribution in [0.1, 0.15) is 12.6 Å². The lowest BCUT2D eigenvalue weighted by Gasteiger charge is -2.09. The highest BCUT2D eigenvalue weighted by molar-refractivity contribution is 8.00. The Labute approximate surface area is 187 Å². The number of para-hydroxylation sites is 1. The number of rotatable bonds is 6. The van der Waals surface area contributed by atoms with Crippen LogP contribution in [0, 0.1) is 12.7 Å². The second-order valence-corrected chi connectivity index (χ2v) is 8.44. The molecule has 10 heteroatoms. The number of benzene rings is 2. The van der Waals surface area contributed by atoms with E-state index in [0.717, 1.165) is 11.8 Å². The van der Waals surface area contributed by atoms with Gasteiger partial charge in [-0.3, -0.25) is 19.4 Å². The van der Waals surface area contributed by atoms with Crippen LogP contribution in [0.15, 0.2) is 64.5 Å². The molecule has 4 rings (SSSR count). The molecule has 4 aromatic rings. The molecular formula is C22H21FN6O2S. The molecule has 0 saturated heterocycles. The molecule has 32 heavy (non-hydrogen) atoms. The Morgan fingerprint density at radius 3 is 2.56 bits per heavy atom. The van der Waals surface area contributed by atoms with Gasteiger partial charge in [-0.2, -0.15) is 0 Å². The van der Waals surface area contributed by atoms with Crippen LogP contribution in [0.25, 0.3) is 17.1 Å². The lowest BCUT2D eigenvalue weighted by Crippen LogP contribution is -2.27. The molecule has 1 amide bonds. The summed E-state index contributed by atoms with van der Waals surface area (Å²) in [5.74, 6) is -0.499. The van der Waals surface area contributed by atoms with Gasteiger partial charge in [-0.1, -0.05) is 42.1 Å². The maximum absolute atomic E-state index is 14.0. The molecule has 2 aromatic carbocycles. The highest BCUT2D eigenvalue weighted by Gasteiger charge is 2.23. The topological polar surface area (TPSA) is 97.6 Å². The lowest BCUT2D eigenvalue weighted by molar-refractivity contribution is -0.115. The van der Waals surface area contributed by atoms with Gasteiger partial charge in [0.2, 0.25) is 11.1 Å². The van der Waals surface area contributed by atoms with Gasteiger partial charge in [-0.15, -0.1) is 5.10 Å². The van der Waals surface area contributed by atoms with Crippen LogP contribution in [-0.2, 0) is 11.8 Å². The molecule has 8 nitrogen and oxygen atoms in total. The number of anilines is 1. The molecule has 2 N–H and O–H groups in total. The number of nitrogens with zero attached hydrogens (tertiary/aromatic N) is 4. The first-order chi connectivity index (χ1) is 15.4. The van der Waals surface area contributed by atoms with Gasteiger partial charge in [0.05, 0.1) is 22.2 Å². The number of aromatic nitrogens is 5. The van der Waals surface area contributed by atoms with E-state index in [2.05, 4.69) is 20.5 Å². The molecule has 0 fully saturated rings. The number of hydrogen-bond donors (Lipinski definition) is 2. The molecular weight excluding hydrogens is 431 g/mol. The molecule has 0 saturated carbocycles. The zero-order valence-electron chi connectivity index (χ0n) is 17.7. The summed E-state index contributed by atoms with van der Waals surface area (Å²) in [4.78, 5) is 30.0. The summed E-state index contributed by atoms with van der Waals surface area (Å²) in [6, 6.07) is 15.4. The highest BCUT2D eigenvalue weighted by atomic mass is 32.2. The summed E-state index contributed by atoms with van der Waals surface area (Å²) in [7, 11) is 1.76. The summed E-state index contributed by atoms with van der Waals surface area (Å²) >= 11 is 1.11. The van der Waals surface area contributed by atoms with Gasteiger partial charge < -0.3 is 5.32 Å². The second kappa shape index (κ2) is 8.83. The monoisotopic (exact) mass is 452 g/mol. The number of carbonyl (C=O) groups is 1. The molecule has 1 atom stereocenters. The van der Waals surface area contributed by atoms with Crippen molar-refractivity contribution in [1.29, 1.82) is 0 Å². The van der Waals surface area contributed by atoms with E-state index in [1.807, 2.05) is 30.3 Å². The van der Waals surface area contributed by atoms with Crippen molar-refractivity contribution in [3.8, 4) is 17.1 Å². The average molecular weight is 453 g/mol. The van der Waals surface area contributed by atoms with E-state index < -0.39 is 11.1 Å². The molecule has 0 spiro atoms. The summed E-state index contributed by atoms with van der Waals surface area (Å²) in [6.07, 6.45) is 0. The van der Waals surface area contributed by atoms with Crippen molar-refractivity contribution in [3.05, 3.63) is 76.5 Å². The Hall–Kier alpha value is -3.66. The molecule has 0 aliphatic rings. The van der Waals surface area contributed by atoms with Crippen molar-refractivity contribution >= 4 is 23.4 Å². The fraction of sp³-hybridized carbons (Fsp3) is 0.182. The number of aromatic amines is 1. The number of halogens is 1. The van der Waals surface area contributed by atoms with Gasteiger partial charge in [-0.25, -0.2) is 14.1 Å². The SMILES string of the molecule is Cc1c(NC(=O)C(C)Sc2n[nH]c(-c3ccccc3F)n2)c(=O)n(-c2ccccc2)n1C. The van der Waals surface area contributed by atoms with E-state index in [1.165, 1.54) is 10.7 Å². The van der Waals surface area contributed by atoms with Gasteiger partial charge in [0.25, 0.3) is 5.56 Å². The highest BCUT2D eigenvalue weighted by Crippen LogP contribution is 2.25. The number of thioether (sulfide) groups is 1. The summed E-state index contributed by atoms with van der Waals surface area (Å²) < 4.78 is 17.2. The first kappa shape index (κ1) is 21.6. The Morgan fingerprint density at radius 2 is 1.84 bits per heavy atom. The minimum Gasteiger partial charge on any atom is -0.319 e. The fourth-order valence-corrected chi connectivity index (χ4v) is 3.95. The van der Waals surface area contributed by atoms with Crippen molar-refractivity contribution in [2.24, 2.45) is 7.05 Å². The number of nitrogens with one attached hydrogen (secondary N) is 2. The minimum absolute atomic E-state index is 0.218. The van der Waals surface area contributed by atoms with Crippen LogP contribution in [0.3, 0.4) is 0 Å². The van der Waals surface area contributed by atoms with E-state index in [0.29, 0.717) is 22.1 Å². The summed E-state index contributed by atoms with van der Waals surface area (Å²) in [5.41, 5.74) is 1.53. The number of hydrogen-bond acceptors (Lipinski definition) is 5. The van der Waals surface area contributed by atoms with E-state index >= 15 is 0 Å². The van der Waals surface area contributed by atoms with Crippen LogP contribution in [0.4, 0.5) is 10.1 Å². The van der Waals surface area contributed by atoms with Crippen molar-refractivity contribution in [1.82, 2.24) is 24.5 Å². The minimum atomic E-state index is -0.594. The second-order valence-electron chi connectivity index (χ2n) is 7.13. The van der Waals surface area contributed by atoms with Crippen molar-refractivity contribution in [3.63, 3.8) is 0 Å². The molecule has 164 valence electrons. The summed E-state index contributed by atoms with van der Waals surface area (Å²) in [5, 5.41) is 9.21. The first-order valence-corrected chi connectivity index (χ1v) is 10.7. The van der Waals surface area contributed by atoms with E-state index in [4.69, 9.17) is 0 Å². The Bertz CT molecular complexity index is 1330. The number of amides is 1. The van der Waals surface area contributed by atoms with E-state index in [1.54, 1.807) is 43.8 Å². The maximum Gasteiger partial charge on any atom is 0.295 e. The van der Waals surface area contributed by atoms with E-state index in [9.17, 15) is 14.0 Å². The quantitative estimate of drug-likeness (QED) is 0.436. The molecule has 0 radical (unpaired) electrons. The van der Waals surface area contributed by atoms with Crippen LogP contribution in [0.5, 0.6) is 0 Å². The molecule has 2 heterocycles. The predicted molar refractivity (Wildman–Crippen MR) is 121 cm³/mol. The standard InChI is InChI=1S/C22H21FN6O2S/c1-13-18(21(31)29(28(13)3)15-9-5-4-6-10-15)24-20(30)14(2)32-22-25-19(26-27-22)16-11-7-8-12-17(16)23/h4-12,14H,1-3H3,(H,24,30)(H,25,26,27). The molecule has 0 aliphatic heterocycles. The lowest BCUT2D eigenvalue weighted by atomic mass is 10.2. The van der Waals surface area contributed by atoms with Gasteiger partial charge in [0.1, 0.15) is 11.5 Å². The van der Waals surface area contributed by atoms with Crippen LogP contribution < -0.4 is 10.9 Å². The van der Waals surface area contributed by atoms with Gasteiger partial charge in [0.15, 0.2) is 5.82 Å². The third-order valence-corrected chi connectivity index (χ3v) is 6.01. The third-order valence-electron chi connectivity index (χ3n) is 5.05. The Balaban J connectivity index is 1.51. The summed E-state index contributed by atoms with van der Waals surface area (Å²) in [6.45, 7) is 3.46. The van der Waals surface area contributed by atoms with Gasteiger partial charge in [-0.05, 0) is 38.1 Å². The Morgan fingerprint density at radius 1 is 1.16 bits per heavy atom. The zero-order chi connectivity index (χ0) is 22.8. The fourth-order valence-electron chi connectivity index (χ4n) is 3.22. The van der Waals surface area contributed by atoms with Crippen LogP contribution >= 0.6 is 11.8 Å². The molecule has 2 aromatic heterocycles. The predicted octanol–water partition coefficient (Wildman–Crippen LogP) is 3.53. The maximum atomic E-state index is 14.0. The van der Waals surface area contributed by atoms with Crippen molar-refractivity contribution in [2.45, 2.75) is 24.3 Å². The van der Waals surface area contributed by atoms with Gasteiger partial charge in [0, 0.05) is 7.05 Å². The first-order valence-electron chi connectivity index (χ1n) is 9.85. The van der Waals surface area contributed by atoms with Crippen LogP contribution in [-0.4, -0.2) is 35.7 Å². The average Bonchev–Trinajstić information content (AvgIpc) is 3.33. The smallest absolute Gasteiger partial charge is 0.295 e. The number of carbonyl (C=O) groups excluding carboxylic acids is 1.